The lowest BCUT2D eigenvalue weighted by Crippen LogP contribution is -2.12. The van der Waals surface area contributed by atoms with Crippen LogP contribution in [0.4, 0.5) is 0 Å². The van der Waals surface area contributed by atoms with E-state index in [4.69, 9.17) is 0 Å². The van der Waals surface area contributed by atoms with Crippen molar-refractivity contribution in [1.82, 2.24) is 19.7 Å². The minimum Gasteiger partial charge on any atom is -0.256 e. The van der Waals surface area contributed by atoms with Gasteiger partial charge in [-0.2, -0.15) is 5.10 Å². The Balaban J connectivity index is 1.90. The Morgan fingerprint density at radius 3 is 2.61 bits per heavy atom. The van der Waals surface area contributed by atoms with E-state index >= 15 is 0 Å². The monoisotopic (exact) mass is 300 g/mol. The number of fused-ring (bicyclic) bond motifs is 1. The van der Waals surface area contributed by atoms with Gasteiger partial charge in [0, 0.05) is 11.6 Å². The molecule has 0 fully saturated rings. The van der Waals surface area contributed by atoms with E-state index in [2.05, 4.69) is 58.4 Å². The summed E-state index contributed by atoms with van der Waals surface area (Å²) in [6.45, 7) is 2.06. The van der Waals surface area contributed by atoms with Crippen LogP contribution in [0.25, 0.3) is 10.9 Å². The van der Waals surface area contributed by atoms with Gasteiger partial charge >= 0.3 is 0 Å². The summed E-state index contributed by atoms with van der Waals surface area (Å²) in [5.74, 6) is 0. The van der Waals surface area contributed by atoms with Crippen molar-refractivity contribution in [2.24, 2.45) is 0 Å². The van der Waals surface area contributed by atoms with E-state index in [1.165, 1.54) is 11.1 Å². The second kappa shape index (κ2) is 5.65. The quantitative estimate of drug-likeness (QED) is 0.578. The molecule has 0 radical (unpaired) electrons. The lowest BCUT2D eigenvalue weighted by atomic mass is 9.97. The van der Waals surface area contributed by atoms with Crippen LogP contribution in [-0.4, -0.2) is 19.7 Å². The van der Waals surface area contributed by atoms with Crippen molar-refractivity contribution >= 4 is 10.9 Å². The summed E-state index contributed by atoms with van der Waals surface area (Å²) in [6, 6.07) is 18.9. The molecule has 4 rings (SSSR count). The second-order valence-corrected chi connectivity index (χ2v) is 5.65. The van der Waals surface area contributed by atoms with Gasteiger partial charge < -0.3 is 0 Å². The fraction of sp³-hybridized carbons (Fsp3) is 0.105. The molecule has 4 heteroatoms. The van der Waals surface area contributed by atoms with Crippen LogP contribution in [0.3, 0.4) is 0 Å². The van der Waals surface area contributed by atoms with E-state index in [0.29, 0.717) is 0 Å². The summed E-state index contributed by atoms with van der Waals surface area (Å²) in [5.41, 5.74) is 4.51. The summed E-state index contributed by atoms with van der Waals surface area (Å²) in [5, 5.41) is 5.50. The minimum absolute atomic E-state index is 0.00334. The van der Waals surface area contributed by atoms with Crippen LogP contribution >= 0.6 is 0 Å². The lowest BCUT2D eigenvalue weighted by molar-refractivity contribution is 0.594. The third kappa shape index (κ3) is 2.59. The normalized spacial score (nSPS) is 12.4. The Kier molecular flexibility index (Phi) is 3.35. The maximum Gasteiger partial charge on any atom is 0.137 e. The summed E-state index contributed by atoms with van der Waals surface area (Å²) >= 11 is 0. The SMILES string of the molecule is Cc1cnc2ccc(C(c3ccccc3)n3cncn3)cc2c1. The first-order chi connectivity index (χ1) is 11.3. The molecule has 0 saturated heterocycles. The first kappa shape index (κ1) is 13.6. The van der Waals surface area contributed by atoms with Gasteiger partial charge in [-0.25, -0.2) is 9.67 Å². The molecule has 1 atom stereocenters. The smallest absolute Gasteiger partial charge is 0.137 e. The van der Waals surface area contributed by atoms with Crippen molar-refractivity contribution in [2.75, 3.05) is 0 Å². The fourth-order valence-electron chi connectivity index (χ4n) is 2.91. The molecule has 23 heavy (non-hydrogen) atoms. The molecule has 2 aromatic heterocycles. The summed E-state index contributed by atoms with van der Waals surface area (Å²) in [6.07, 6.45) is 5.23. The first-order valence-electron chi connectivity index (χ1n) is 7.56. The Bertz CT molecular complexity index is 930. The molecule has 2 heterocycles. The fourth-order valence-corrected chi connectivity index (χ4v) is 2.91. The van der Waals surface area contributed by atoms with E-state index < -0.39 is 0 Å². The lowest BCUT2D eigenvalue weighted by Gasteiger charge is -2.18. The predicted molar refractivity (Wildman–Crippen MR) is 90.2 cm³/mol. The van der Waals surface area contributed by atoms with Crippen molar-refractivity contribution in [2.45, 2.75) is 13.0 Å². The zero-order valence-corrected chi connectivity index (χ0v) is 12.8. The van der Waals surface area contributed by atoms with Gasteiger partial charge in [-0.05, 0) is 41.8 Å². The molecule has 0 N–H and O–H groups in total. The molecule has 0 aliphatic rings. The van der Waals surface area contributed by atoms with Crippen LogP contribution in [0, 0.1) is 6.92 Å². The van der Waals surface area contributed by atoms with Crippen LogP contribution in [0.1, 0.15) is 22.7 Å². The number of hydrogen-bond acceptors (Lipinski definition) is 3. The van der Waals surface area contributed by atoms with Gasteiger partial charge in [-0.3, -0.25) is 4.98 Å². The number of nitrogens with zero attached hydrogens (tertiary/aromatic N) is 4. The Morgan fingerprint density at radius 2 is 1.83 bits per heavy atom. The van der Waals surface area contributed by atoms with Gasteiger partial charge in [0.05, 0.1) is 5.52 Å². The average Bonchev–Trinajstić information content (AvgIpc) is 3.10. The molecule has 0 amide bonds. The third-order valence-corrected chi connectivity index (χ3v) is 3.97. The highest BCUT2D eigenvalue weighted by Crippen LogP contribution is 2.28. The zero-order chi connectivity index (χ0) is 15.6. The maximum atomic E-state index is 4.48. The Morgan fingerprint density at radius 1 is 0.957 bits per heavy atom. The minimum atomic E-state index is 0.00334. The van der Waals surface area contributed by atoms with Crippen LogP contribution in [0.2, 0.25) is 0 Å². The second-order valence-electron chi connectivity index (χ2n) is 5.65. The van der Waals surface area contributed by atoms with E-state index in [1.807, 2.05) is 29.1 Å². The van der Waals surface area contributed by atoms with Crippen LogP contribution in [0.5, 0.6) is 0 Å². The van der Waals surface area contributed by atoms with E-state index in [-0.39, 0.29) is 6.04 Å². The average molecular weight is 300 g/mol. The van der Waals surface area contributed by atoms with Crippen molar-refractivity contribution in [3.05, 3.63) is 90.1 Å². The Labute approximate surface area is 134 Å². The van der Waals surface area contributed by atoms with Gasteiger partial charge in [0.15, 0.2) is 0 Å². The molecule has 0 bridgehead atoms. The molecule has 0 aliphatic carbocycles. The summed E-state index contributed by atoms with van der Waals surface area (Å²) in [7, 11) is 0. The highest BCUT2D eigenvalue weighted by Gasteiger charge is 2.17. The van der Waals surface area contributed by atoms with Gasteiger partial charge in [0.25, 0.3) is 0 Å². The number of hydrogen-bond donors (Lipinski definition) is 0. The van der Waals surface area contributed by atoms with Gasteiger partial charge in [0.1, 0.15) is 18.7 Å². The van der Waals surface area contributed by atoms with Crippen molar-refractivity contribution < 1.29 is 0 Å². The topological polar surface area (TPSA) is 43.6 Å². The first-order valence-corrected chi connectivity index (χ1v) is 7.56. The van der Waals surface area contributed by atoms with Gasteiger partial charge in [-0.15, -0.1) is 0 Å². The molecule has 1 unspecified atom stereocenters. The van der Waals surface area contributed by atoms with E-state index in [1.54, 1.807) is 12.7 Å². The van der Waals surface area contributed by atoms with Crippen molar-refractivity contribution in [3.63, 3.8) is 0 Å². The van der Waals surface area contributed by atoms with Gasteiger partial charge in [0.2, 0.25) is 0 Å². The standard InChI is InChI=1S/C19H16N4/c1-14-9-17-10-16(7-8-18(17)21-11-14)19(23-13-20-12-22-23)15-5-3-2-4-6-15/h2-13,19H,1H3. The molecule has 4 aromatic rings. The summed E-state index contributed by atoms with van der Waals surface area (Å²) < 4.78 is 1.89. The van der Waals surface area contributed by atoms with Crippen LogP contribution < -0.4 is 0 Å². The largest absolute Gasteiger partial charge is 0.256 e. The van der Waals surface area contributed by atoms with Crippen LogP contribution in [-0.2, 0) is 0 Å². The predicted octanol–water partition coefficient (Wildman–Crippen LogP) is 3.77. The number of pyridine rings is 1. The molecule has 0 aliphatic heterocycles. The maximum absolute atomic E-state index is 4.48. The van der Waals surface area contributed by atoms with Crippen molar-refractivity contribution in [3.8, 4) is 0 Å². The molecular formula is C19H16N4. The third-order valence-electron chi connectivity index (χ3n) is 3.97. The Hall–Kier alpha value is -3.01. The summed E-state index contributed by atoms with van der Waals surface area (Å²) in [4.78, 5) is 8.59. The highest BCUT2D eigenvalue weighted by atomic mass is 15.3. The van der Waals surface area contributed by atoms with E-state index in [0.717, 1.165) is 16.5 Å². The highest BCUT2D eigenvalue weighted by molar-refractivity contribution is 5.80. The molecule has 0 spiro atoms. The molecule has 0 saturated carbocycles. The number of aromatic nitrogens is 4. The van der Waals surface area contributed by atoms with Crippen LogP contribution in [0.15, 0.2) is 73.4 Å². The van der Waals surface area contributed by atoms with Gasteiger partial charge in [-0.1, -0.05) is 36.4 Å². The molecular weight excluding hydrogens is 284 g/mol. The molecule has 2 aromatic carbocycles. The zero-order valence-electron chi connectivity index (χ0n) is 12.8. The number of benzene rings is 2. The number of rotatable bonds is 3. The number of aryl methyl sites for hydroxylation is 1. The van der Waals surface area contributed by atoms with E-state index in [9.17, 15) is 0 Å². The van der Waals surface area contributed by atoms with Crippen molar-refractivity contribution in [1.29, 1.82) is 0 Å². The molecule has 4 nitrogen and oxygen atoms in total. The molecule has 112 valence electrons.